The summed E-state index contributed by atoms with van der Waals surface area (Å²) >= 11 is 7.72. The van der Waals surface area contributed by atoms with Gasteiger partial charge in [-0.15, -0.1) is 11.3 Å². The van der Waals surface area contributed by atoms with E-state index in [0.717, 1.165) is 23.5 Å². The van der Waals surface area contributed by atoms with E-state index in [9.17, 15) is 4.39 Å². The molecule has 1 heterocycles. The monoisotopic (exact) mass is 296 g/mol. The van der Waals surface area contributed by atoms with Gasteiger partial charge >= 0.3 is 0 Å². The molecule has 1 aromatic carbocycles. The van der Waals surface area contributed by atoms with Gasteiger partial charge in [0.15, 0.2) is 0 Å². The second-order valence-corrected chi connectivity index (χ2v) is 6.13. The number of aryl methyl sites for hydroxylation is 1. The third-order valence-electron chi connectivity index (χ3n) is 3.15. The van der Waals surface area contributed by atoms with Gasteiger partial charge in [-0.05, 0) is 31.9 Å². The van der Waals surface area contributed by atoms with Gasteiger partial charge in [0, 0.05) is 27.7 Å². The van der Waals surface area contributed by atoms with Crippen molar-refractivity contribution in [1.82, 2.24) is 10.3 Å². The predicted molar refractivity (Wildman–Crippen MR) is 76.3 cm³/mol. The highest BCUT2D eigenvalue weighted by molar-refractivity contribution is 7.09. The molecule has 1 aliphatic carbocycles. The Hall–Kier alpha value is -0.970. The highest BCUT2D eigenvalue weighted by atomic mass is 35.5. The lowest BCUT2D eigenvalue weighted by Gasteiger charge is -2.18. The molecule has 1 aliphatic rings. The van der Waals surface area contributed by atoms with E-state index in [-0.39, 0.29) is 11.9 Å². The summed E-state index contributed by atoms with van der Waals surface area (Å²) in [5.41, 5.74) is 1.46. The van der Waals surface area contributed by atoms with Crippen LogP contribution >= 0.6 is 22.9 Å². The average molecular weight is 297 g/mol. The van der Waals surface area contributed by atoms with Crippen LogP contribution in [0.4, 0.5) is 4.39 Å². The minimum atomic E-state index is -0.279. The first-order chi connectivity index (χ1) is 9.15. The van der Waals surface area contributed by atoms with Crippen molar-refractivity contribution in [2.45, 2.75) is 31.8 Å². The van der Waals surface area contributed by atoms with Crippen molar-refractivity contribution in [3.63, 3.8) is 0 Å². The van der Waals surface area contributed by atoms with Gasteiger partial charge in [-0.25, -0.2) is 9.37 Å². The number of aromatic nitrogens is 1. The zero-order valence-electron chi connectivity index (χ0n) is 10.5. The Morgan fingerprint density at radius 1 is 1.47 bits per heavy atom. The smallest absolute Gasteiger partial charge is 0.129 e. The topological polar surface area (TPSA) is 24.9 Å². The van der Waals surface area contributed by atoms with Crippen LogP contribution in [0.5, 0.6) is 0 Å². The summed E-state index contributed by atoms with van der Waals surface area (Å²) in [5, 5.41) is 6.74. The number of thiazole rings is 1. The van der Waals surface area contributed by atoms with Crippen LogP contribution in [0.3, 0.4) is 0 Å². The van der Waals surface area contributed by atoms with Gasteiger partial charge in [0.05, 0.1) is 6.04 Å². The predicted octanol–water partition coefficient (Wildman–Crippen LogP) is 4.09. The minimum Gasteiger partial charge on any atom is -0.301 e. The van der Waals surface area contributed by atoms with E-state index in [1.807, 2.05) is 12.3 Å². The lowest BCUT2D eigenvalue weighted by Crippen LogP contribution is -2.25. The molecule has 0 amide bonds. The molecule has 0 spiro atoms. The standard InChI is InChI=1S/C14H14ClFN2S/c1-8-7-19-14(17-8)13(18-9-5-6-9)12-10(15)3-2-4-11(12)16/h2-4,7,9,13,18H,5-6H2,1H3. The number of nitrogens with one attached hydrogen (secondary N) is 1. The van der Waals surface area contributed by atoms with Crippen LogP contribution in [0.15, 0.2) is 23.6 Å². The molecule has 1 saturated carbocycles. The highest BCUT2D eigenvalue weighted by Gasteiger charge is 2.30. The maximum atomic E-state index is 14.1. The number of hydrogen-bond donors (Lipinski definition) is 1. The number of nitrogens with zero attached hydrogens (tertiary/aromatic N) is 1. The van der Waals surface area contributed by atoms with Gasteiger partial charge < -0.3 is 5.32 Å². The van der Waals surface area contributed by atoms with Gasteiger partial charge in [-0.3, -0.25) is 0 Å². The summed E-state index contributed by atoms with van der Waals surface area (Å²) in [4.78, 5) is 4.48. The Kier molecular flexibility index (Phi) is 3.56. The Labute approximate surface area is 120 Å². The second-order valence-electron chi connectivity index (χ2n) is 4.84. The van der Waals surface area contributed by atoms with Crippen molar-refractivity contribution in [2.24, 2.45) is 0 Å². The summed E-state index contributed by atoms with van der Waals surface area (Å²) in [5.74, 6) is -0.279. The van der Waals surface area contributed by atoms with E-state index in [4.69, 9.17) is 11.6 Å². The lowest BCUT2D eigenvalue weighted by molar-refractivity contribution is 0.544. The largest absolute Gasteiger partial charge is 0.301 e. The Morgan fingerprint density at radius 3 is 2.84 bits per heavy atom. The molecular formula is C14H14ClFN2S. The average Bonchev–Trinajstić information content (AvgIpc) is 3.08. The fraction of sp³-hybridized carbons (Fsp3) is 0.357. The molecular weight excluding hydrogens is 283 g/mol. The number of hydrogen-bond acceptors (Lipinski definition) is 3. The molecule has 0 radical (unpaired) electrons. The second kappa shape index (κ2) is 5.19. The summed E-state index contributed by atoms with van der Waals surface area (Å²) in [6.45, 7) is 1.94. The number of benzene rings is 1. The van der Waals surface area contributed by atoms with Crippen LogP contribution < -0.4 is 5.32 Å². The molecule has 3 rings (SSSR count). The van der Waals surface area contributed by atoms with Crippen LogP contribution in [0.25, 0.3) is 0 Å². The van der Waals surface area contributed by atoms with Crippen LogP contribution in [-0.2, 0) is 0 Å². The first-order valence-corrected chi connectivity index (χ1v) is 7.53. The van der Waals surface area contributed by atoms with E-state index in [1.54, 1.807) is 23.5 Å². The Bertz CT molecular complexity index is 575. The number of rotatable bonds is 4. The van der Waals surface area contributed by atoms with E-state index in [2.05, 4.69) is 10.3 Å². The first kappa shape index (κ1) is 13.0. The molecule has 1 aromatic heterocycles. The zero-order chi connectivity index (χ0) is 13.4. The van der Waals surface area contributed by atoms with Crippen molar-refractivity contribution in [1.29, 1.82) is 0 Å². The number of halogens is 2. The van der Waals surface area contributed by atoms with Crippen LogP contribution in [0.2, 0.25) is 5.02 Å². The molecule has 5 heteroatoms. The SMILES string of the molecule is Cc1csc(C(NC2CC2)c2c(F)cccc2Cl)n1. The van der Waals surface area contributed by atoms with Gasteiger partial charge in [-0.2, -0.15) is 0 Å². The molecule has 1 N–H and O–H groups in total. The molecule has 0 aliphatic heterocycles. The van der Waals surface area contributed by atoms with E-state index in [1.165, 1.54) is 6.07 Å². The fourth-order valence-corrected chi connectivity index (χ4v) is 3.19. The molecule has 2 nitrogen and oxygen atoms in total. The maximum Gasteiger partial charge on any atom is 0.129 e. The maximum absolute atomic E-state index is 14.1. The van der Waals surface area contributed by atoms with E-state index < -0.39 is 0 Å². The Balaban J connectivity index is 2.02. The van der Waals surface area contributed by atoms with Crippen molar-refractivity contribution in [3.05, 3.63) is 50.7 Å². The van der Waals surface area contributed by atoms with Crippen molar-refractivity contribution >= 4 is 22.9 Å². The normalized spacial score (nSPS) is 16.6. The molecule has 2 aromatic rings. The lowest BCUT2D eigenvalue weighted by atomic mass is 10.1. The van der Waals surface area contributed by atoms with Crippen molar-refractivity contribution in [2.75, 3.05) is 0 Å². The Morgan fingerprint density at radius 2 is 2.26 bits per heavy atom. The summed E-state index contributed by atoms with van der Waals surface area (Å²) < 4.78 is 14.1. The van der Waals surface area contributed by atoms with Crippen molar-refractivity contribution < 1.29 is 4.39 Å². The zero-order valence-corrected chi connectivity index (χ0v) is 12.1. The molecule has 1 fully saturated rings. The van der Waals surface area contributed by atoms with Crippen LogP contribution in [0, 0.1) is 12.7 Å². The fourth-order valence-electron chi connectivity index (χ4n) is 2.06. The summed E-state index contributed by atoms with van der Waals surface area (Å²) in [6.07, 6.45) is 2.26. The van der Waals surface area contributed by atoms with Crippen LogP contribution in [0.1, 0.15) is 35.1 Å². The van der Waals surface area contributed by atoms with Gasteiger partial charge in [0.2, 0.25) is 0 Å². The molecule has 0 saturated heterocycles. The quantitative estimate of drug-likeness (QED) is 0.919. The third kappa shape index (κ3) is 2.81. The first-order valence-electron chi connectivity index (χ1n) is 6.27. The highest BCUT2D eigenvalue weighted by Crippen LogP contribution is 2.35. The molecule has 100 valence electrons. The van der Waals surface area contributed by atoms with Crippen molar-refractivity contribution in [3.8, 4) is 0 Å². The summed E-state index contributed by atoms with van der Waals surface area (Å²) in [7, 11) is 0. The van der Waals surface area contributed by atoms with E-state index in [0.29, 0.717) is 16.6 Å². The molecule has 0 bridgehead atoms. The summed E-state index contributed by atoms with van der Waals surface area (Å²) in [6, 6.07) is 5.00. The van der Waals surface area contributed by atoms with E-state index >= 15 is 0 Å². The minimum absolute atomic E-state index is 0.250. The van der Waals surface area contributed by atoms with Gasteiger partial charge in [0.1, 0.15) is 10.8 Å². The molecule has 1 atom stereocenters. The van der Waals surface area contributed by atoms with Gasteiger partial charge in [0.25, 0.3) is 0 Å². The van der Waals surface area contributed by atoms with Crippen LogP contribution in [-0.4, -0.2) is 11.0 Å². The molecule has 1 unspecified atom stereocenters. The molecule has 19 heavy (non-hydrogen) atoms. The van der Waals surface area contributed by atoms with Gasteiger partial charge in [-0.1, -0.05) is 17.7 Å². The third-order valence-corrected chi connectivity index (χ3v) is 4.51.